The number of rotatable bonds is 3. The van der Waals surface area contributed by atoms with Gasteiger partial charge >= 0.3 is 6.18 Å². The van der Waals surface area contributed by atoms with Crippen LogP contribution in [0.5, 0.6) is 5.75 Å². The van der Waals surface area contributed by atoms with Crippen LogP contribution in [0.4, 0.5) is 18.9 Å². The van der Waals surface area contributed by atoms with Crippen LogP contribution < -0.4 is 10.1 Å². The van der Waals surface area contributed by atoms with Gasteiger partial charge in [-0.25, -0.2) is 0 Å². The van der Waals surface area contributed by atoms with Gasteiger partial charge in [-0.05, 0) is 30.3 Å². The summed E-state index contributed by atoms with van der Waals surface area (Å²) in [5, 5.41) is 2.83. The van der Waals surface area contributed by atoms with Crippen molar-refractivity contribution in [3.8, 4) is 5.75 Å². The summed E-state index contributed by atoms with van der Waals surface area (Å²) in [7, 11) is 1.47. The summed E-state index contributed by atoms with van der Waals surface area (Å²) in [6.07, 6.45) is -3.01. The lowest BCUT2D eigenvalue weighted by molar-refractivity contribution is -0.136. The maximum absolute atomic E-state index is 13.1. The Balaban J connectivity index is 2.03. The molecular weight excluding hydrogens is 333 g/mol. The van der Waals surface area contributed by atoms with Crippen LogP contribution in [0.15, 0.2) is 54.7 Å². The predicted molar refractivity (Wildman–Crippen MR) is 87.7 cm³/mol. The minimum Gasteiger partial charge on any atom is -0.494 e. The quantitative estimate of drug-likeness (QED) is 0.759. The predicted octanol–water partition coefficient (Wildman–Crippen LogP) is 4.51. The largest absolute Gasteiger partial charge is 0.494 e. The molecular formula is C18H13F3N2O2. The Kier molecular flexibility index (Phi) is 4.31. The molecule has 0 unspecified atom stereocenters. The molecule has 2 aromatic carbocycles. The number of aromatic nitrogens is 1. The van der Waals surface area contributed by atoms with Crippen molar-refractivity contribution in [2.45, 2.75) is 6.18 Å². The SMILES string of the molecule is COc1ccc(C(=O)Nc2ccccc2C(F)(F)F)c2cccnc12. The molecule has 128 valence electrons. The van der Waals surface area contributed by atoms with E-state index >= 15 is 0 Å². The van der Waals surface area contributed by atoms with Crippen LogP contribution in [-0.4, -0.2) is 18.0 Å². The number of methoxy groups -OCH3 is 1. The zero-order valence-electron chi connectivity index (χ0n) is 13.1. The van der Waals surface area contributed by atoms with Gasteiger partial charge in [0.2, 0.25) is 0 Å². The van der Waals surface area contributed by atoms with Crippen molar-refractivity contribution in [1.82, 2.24) is 4.98 Å². The Morgan fingerprint density at radius 3 is 2.56 bits per heavy atom. The zero-order valence-corrected chi connectivity index (χ0v) is 13.1. The molecule has 0 aliphatic rings. The lowest BCUT2D eigenvalue weighted by Gasteiger charge is -2.14. The molecule has 0 bridgehead atoms. The van der Waals surface area contributed by atoms with Crippen molar-refractivity contribution in [2.75, 3.05) is 12.4 Å². The fraction of sp³-hybridized carbons (Fsp3) is 0.111. The number of amides is 1. The number of hydrogen-bond acceptors (Lipinski definition) is 3. The molecule has 0 radical (unpaired) electrons. The van der Waals surface area contributed by atoms with E-state index in [1.54, 1.807) is 24.4 Å². The first-order chi connectivity index (χ1) is 11.9. The van der Waals surface area contributed by atoms with Gasteiger partial charge < -0.3 is 10.1 Å². The number of anilines is 1. The molecule has 0 atom stereocenters. The van der Waals surface area contributed by atoms with Gasteiger partial charge in [0.1, 0.15) is 11.3 Å². The first-order valence-electron chi connectivity index (χ1n) is 7.31. The van der Waals surface area contributed by atoms with Crippen LogP contribution in [0, 0.1) is 0 Å². The van der Waals surface area contributed by atoms with Crippen molar-refractivity contribution in [2.24, 2.45) is 0 Å². The van der Waals surface area contributed by atoms with Gasteiger partial charge in [-0.15, -0.1) is 0 Å². The van der Waals surface area contributed by atoms with E-state index in [-0.39, 0.29) is 11.3 Å². The van der Waals surface area contributed by atoms with Crippen LogP contribution >= 0.6 is 0 Å². The number of carbonyl (C=O) groups excluding carboxylic acids is 1. The molecule has 0 aliphatic carbocycles. The number of nitrogens with one attached hydrogen (secondary N) is 1. The molecule has 1 amide bonds. The third-order valence-electron chi connectivity index (χ3n) is 3.68. The highest BCUT2D eigenvalue weighted by molar-refractivity contribution is 6.13. The molecule has 0 saturated carbocycles. The molecule has 3 rings (SSSR count). The van der Waals surface area contributed by atoms with E-state index in [0.29, 0.717) is 16.7 Å². The summed E-state index contributed by atoms with van der Waals surface area (Å²) < 4.78 is 44.4. The number of carbonyl (C=O) groups is 1. The number of para-hydroxylation sites is 1. The highest BCUT2D eigenvalue weighted by Crippen LogP contribution is 2.35. The summed E-state index contributed by atoms with van der Waals surface area (Å²) in [6.45, 7) is 0. The highest BCUT2D eigenvalue weighted by atomic mass is 19.4. The van der Waals surface area contributed by atoms with Gasteiger partial charge in [0.15, 0.2) is 0 Å². The number of fused-ring (bicyclic) bond motifs is 1. The fourth-order valence-corrected chi connectivity index (χ4v) is 2.54. The van der Waals surface area contributed by atoms with E-state index in [2.05, 4.69) is 10.3 Å². The lowest BCUT2D eigenvalue weighted by Crippen LogP contribution is -2.17. The second-order valence-electron chi connectivity index (χ2n) is 5.21. The molecule has 1 aromatic heterocycles. The standard InChI is InChI=1S/C18H13F3N2O2/c1-25-15-9-8-12(11-5-4-10-22-16(11)15)17(24)23-14-7-3-2-6-13(14)18(19,20)21/h2-10H,1H3,(H,23,24). The molecule has 0 aliphatic heterocycles. The number of halogens is 3. The summed E-state index contributed by atoms with van der Waals surface area (Å²) >= 11 is 0. The molecule has 1 N–H and O–H groups in total. The van der Waals surface area contributed by atoms with E-state index < -0.39 is 17.6 Å². The Hall–Kier alpha value is -3.09. The van der Waals surface area contributed by atoms with Crippen molar-refractivity contribution in [3.05, 3.63) is 65.9 Å². The summed E-state index contributed by atoms with van der Waals surface area (Å²) in [4.78, 5) is 16.7. The van der Waals surface area contributed by atoms with Gasteiger partial charge in [-0.2, -0.15) is 13.2 Å². The van der Waals surface area contributed by atoms with E-state index in [0.717, 1.165) is 6.07 Å². The number of hydrogen-bond donors (Lipinski definition) is 1. The Morgan fingerprint density at radius 2 is 1.84 bits per heavy atom. The number of ether oxygens (including phenoxy) is 1. The zero-order chi connectivity index (χ0) is 18.0. The van der Waals surface area contributed by atoms with Crippen LogP contribution in [-0.2, 0) is 6.18 Å². The second-order valence-corrected chi connectivity index (χ2v) is 5.21. The van der Waals surface area contributed by atoms with E-state index in [4.69, 9.17) is 4.74 Å². The Bertz CT molecular complexity index is 939. The van der Waals surface area contributed by atoms with Gasteiger partial charge in [0.25, 0.3) is 5.91 Å². The smallest absolute Gasteiger partial charge is 0.418 e. The molecule has 0 spiro atoms. The van der Waals surface area contributed by atoms with Crippen LogP contribution in [0.3, 0.4) is 0 Å². The van der Waals surface area contributed by atoms with Crippen molar-refractivity contribution < 1.29 is 22.7 Å². The van der Waals surface area contributed by atoms with Crippen LogP contribution in [0.2, 0.25) is 0 Å². The van der Waals surface area contributed by atoms with Crippen molar-refractivity contribution >= 4 is 22.5 Å². The molecule has 0 fully saturated rings. The van der Waals surface area contributed by atoms with E-state index in [1.807, 2.05) is 0 Å². The molecule has 0 saturated heterocycles. The molecule has 25 heavy (non-hydrogen) atoms. The van der Waals surface area contributed by atoms with Gasteiger partial charge in [-0.3, -0.25) is 9.78 Å². The first-order valence-corrected chi connectivity index (χ1v) is 7.31. The summed E-state index contributed by atoms with van der Waals surface area (Å²) in [5.41, 5.74) is -0.533. The van der Waals surface area contributed by atoms with Crippen LogP contribution in [0.1, 0.15) is 15.9 Å². The number of alkyl halides is 3. The van der Waals surface area contributed by atoms with E-state index in [9.17, 15) is 18.0 Å². The normalized spacial score (nSPS) is 11.4. The summed E-state index contributed by atoms with van der Waals surface area (Å²) in [6, 6.07) is 11.2. The lowest BCUT2D eigenvalue weighted by atomic mass is 10.1. The number of nitrogens with zero attached hydrogens (tertiary/aromatic N) is 1. The minimum absolute atomic E-state index is 0.209. The average molecular weight is 346 g/mol. The maximum Gasteiger partial charge on any atom is 0.418 e. The fourth-order valence-electron chi connectivity index (χ4n) is 2.54. The second kappa shape index (κ2) is 6.43. The minimum atomic E-state index is -4.56. The third-order valence-corrected chi connectivity index (χ3v) is 3.68. The topological polar surface area (TPSA) is 51.2 Å². The molecule has 3 aromatic rings. The van der Waals surface area contributed by atoms with Crippen molar-refractivity contribution in [3.63, 3.8) is 0 Å². The van der Waals surface area contributed by atoms with Crippen LogP contribution in [0.25, 0.3) is 10.9 Å². The highest BCUT2D eigenvalue weighted by Gasteiger charge is 2.33. The third kappa shape index (κ3) is 3.26. The number of benzene rings is 2. The van der Waals surface area contributed by atoms with Crippen molar-refractivity contribution in [1.29, 1.82) is 0 Å². The average Bonchev–Trinajstić information content (AvgIpc) is 2.60. The van der Waals surface area contributed by atoms with Gasteiger partial charge in [0, 0.05) is 17.1 Å². The molecule has 4 nitrogen and oxygen atoms in total. The first kappa shape index (κ1) is 16.8. The Labute approximate surface area is 141 Å². The summed E-state index contributed by atoms with van der Waals surface area (Å²) in [5.74, 6) is -0.180. The molecule has 7 heteroatoms. The monoisotopic (exact) mass is 346 g/mol. The van der Waals surface area contributed by atoms with E-state index in [1.165, 1.54) is 31.4 Å². The maximum atomic E-state index is 13.1. The number of pyridine rings is 1. The molecule has 1 heterocycles. The van der Waals surface area contributed by atoms with Gasteiger partial charge in [0.05, 0.1) is 18.4 Å². The van der Waals surface area contributed by atoms with Gasteiger partial charge in [-0.1, -0.05) is 18.2 Å². The Morgan fingerprint density at radius 1 is 1.08 bits per heavy atom.